The summed E-state index contributed by atoms with van der Waals surface area (Å²) < 4.78 is 1.99. The lowest BCUT2D eigenvalue weighted by atomic mass is 10.2. The number of rotatable bonds is 5. The molecule has 22 heavy (non-hydrogen) atoms. The van der Waals surface area contributed by atoms with Crippen LogP contribution in [0.3, 0.4) is 0 Å². The lowest BCUT2D eigenvalue weighted by Crippen LogP contribution is -2.07. The Hall–Kier alpha value is -2.63. The van der Waals surface area contributed by atoms with Crippen LogP contribution in [0.25, 0.3) is 16.6 Å². The van der Waals surface area contributed by atoms with Crippen molar-refractivity contribution in [3.05, 3.63) is 36.4 Å². The topological polar surface area (TPSA) is 81.6 Å². The van der Waals surface area contributed by atoms with Gasteiger partial charge in [0.2, 0.25) is 5.95 Å². The van der Waals surface area contributed by atoms with Crippen molar-refractivity contribution in [1.82, 2.24) is 19.5 Å². The van der Waals surface area contributed by atoms with Gasteiger partial charge in [0.25, 0.3) is 0 Å². The smallest absolute Gasteiger partial charge is 0.222 e. The van der Waals surface area contributed by atoms with Gasteiger partial charge in [-0.15, -0.1) is 0 Å². The number of nitrogen functional groups attached to an aromatic ring is 1. The van der Waals surface area contributed by atoms with Crippen LogP contribution in [0, 0.1) is 6.92 Å². The first-order chi connectivity index (χ1) is 10.7. The maximum atomic E-state index is 5.80. The van der Waals surface area contributed by atoms with Gasteiger partial charge in [-0.25, -0.2) is 9.97 Å². The highest BCUT2D eigenvalue weighted by Gasteiger charge is 2.08. The van der Waals surface area contributed by atoms with Gasteiger partial charge < -0.3 is 15.6 Å². The second-order valence-electron chi connectivity index (χ2n) is 5.33. The number of fused-ring (bicyclic) bond motifs is 1. The van der Waals surface area contributed by atoms with Gasteiger partial charge in [-0.1, -0.05) is 13.3 Å². The Kier molecular flexibility index (Phi) is 3.91. The Bertz CT molecular complexity index is 792. The van der Waals surface area contributed by atoms with Gasteiger partial charge in [-0.2, -0.15) is 4.98 Å². The number of aryl methyl sites for hydroxylation is 1. The Balaban J connectivity index is 2.04. The van der Waals surface area contributed by atoms with Crippen molar-refractivity contribution >= 4 is 22.7 Å². The maximum Gasteiger partial charge on any atom is 0.222 e. The fraction of sp³-hybridized carbons (Fsp3) is 0.312. The highest BCUT2D eigenvalue weighted by atomic mass is 15.1. The van der Waals surface area contributed by atoms with Crippen molar-refractivity contribution in [3.8, 4) is 5.69 Å². The van der Waals surface area contributed by atoms with Gasteiger partial charge in [0.1, 0.15) is 5.82 Å². The van der Waals surface area contributed by atoms with E-state index in [-0.39, 0.29) is 5.95 Å². The molecule has 0 unspecified atom stereocenters. The van der Waals surface area contributed by atoms with Gasteiger partial charge in [0.05, 0.1) is 17.5 Å². The number of nitrogens with two attached hydrogens (primary N) is 1. The SMILES string of the molecule is CCCCNc1nc(N)nc2ccc(-n3cnc(C)c3)cc12. The molecule has 0 aliphatic carbocycles. The number of unbranched alkanes of at least 4 members (excludes halogenated alkanes) is 1. The van der Waals surface area contributed by atoms with Crippen LogP contribution >= 0.6 is 0 Å². The van der Waals surface area contributed by atoms with Crippen molar-refractivity contribution < 1.29 is 0 Å². The first-order valence-electron chi connectivity index (χ1n) is 7.49. The van der Waals surface area contributed by atoms with Crippen LogP contribution in [0.5, 0.6) is 0 Å². The molecule has 0 amide bonds. The van der Waals surface area contributed by atoms with Crippen LogP contribution in [0.1, 0.15) is 25.5 Å². The summed E-state index contributed by atoms with van der Waals surface area (Å²) in [6.07, 6.45) is 6.01. The lowest BCUT2D eigenvalue weighted by molar-refractivity contribution is 0.832. The van der Waals surface area contributed by atoms with Crippen molar-refractivity contribution in [2.24, 2.45) is 0 Å². The molecule has 0 saturated carbocycles. The number of aromatic nitrogens is 4. The molecule has 2 aromatic heterocycles. The molecule has 0 bridgehead atoms. The molecule has 6 heteroatoms. The molecule has 0 fully saturated rings. The summed E-state index contributed by atoms with van der Waals surface area (Å²) in [5.41, 5.74) is 8.65. The van der Waals surface area contributed by atoms with Gasteiger partial charge in [0.15, 0.2) is 0 Å². The van der Waals surface area contributed by atoms with Gasteiger partial charge in [-0.3, -0.25) is 0 Å². The molecule has 0 saturated heterocycles. The molecule has 6 nitrogen and oxygen atoms in total. The van der Waals surface area contributed by atoms with E-state index in [1.807, 2.05) is 29.8 Å². The molecule has 114 valence electrons. The van der Waals surface area contributed by atoms with E-state index in [1.165, 1.54) is 0 Å². The Morgan fingerprint density at radius 2 is 2.14 bits per heavy atom. The van der Waals surface area contributed by atoms with Crippen LogP contribution in [-0.4, -0.2) is 26.1 Å². The third-order valence-electron chi connectivity index (χ3n) is 3.53. The number of anilines is 2. The zero-order chi connectivity index (χ0) is 15.5. The zero-order valence-corrected chi connectivity index (χ0v) is 12.9. The molecule has 0 radical (unpaired) electrons. The van der Waals surface area contributed by atoms with E-state index in [1.54, 1.807) is 6.33 Å². The van der Waals surface area contributed by atoms with Gasteiger partial charge in [0, 0.05) is 23.8 Å². The minimum absolute atomic E-state index is 0.290. The van der Waals surface area contributed by atoms with E-state index >= 15 is 0 Å². The second-order valence-corrected chi connectivity index (χ2v) is 5.33. The Labute approximate surface area is 129 Å². The molecule has 0 aliphatic heterocycles. The van der Waals surface area contributed by atoms with E-state index in [0.29, 0.717) is 0 Å². The number of hydrogen-bond donors (Lipinski definition) is 2. The van der Waals surface area contributed by atoms with E-state index in [4.69, 9.17) is 5.73 Å². The first kappa shape index (κ1) is 14.3. The summed E-state index contributed by atoms with van der Waals surface area (Å²) in [6, 6.07) is 6.03. The largest absolute Gasteiger partial charge is 0.369 e. The van der Waals surface area contributed by atoms with Crippen molar-refractivity contribution in [2.45, 2.75) is 26.7 Å². The fourth-order valence-electron chi connectivity index (χ4n) is 2.38. The predicted molar refractivity (Wildman–Crippen MR) is 89.2 cm³/mol. The molecular formula is C16H20N6. The number of nitrogens with one attached hydrogen (secondary N) is 1. The normalized spacial score (nSPS) is 11.0. The highest BCUT2D eigenvalue weighted by molar-refractivity contribution is 5.91. The van der Waals surface area contributed by atoms with Gasteiger partial charge in [-0.05, 0) is 31.5 Å². The summed E-state index contributed by atoms with van der Waals surface area (Å²) in [5, 5.41) is 4.32. The molecule has 1 aromatic carbocycles. The van der Waals surface area contributed by atoms with E-state index in [2.05, 4.69) is 33.3 Å². The zero-order valence-electron chi connectivity index (χ0n) is 12.9. The lowest BCUT2D eigenvalue weighted by Gasteiger charge is -2.10. The van der Waals surface area contributed by atoms with E-state index < -0.39 is 0 Å². The molecule has 3 N–H and O–H groups in total. The van der Waals surface area contributed by atoms with E-state index in [0.717, 1.165) is 47.5 Å². The fourth-order valence-corrected chi connectivity index (χ4v) is 2.38. The molecule has 0 atom stereocenters. The van der Waals surface area contributed by atoms with Crippen LogP contribution in [0.15, 0.2) is 30.7 Å². The summed E-state index contributed by atoms with van der Waals surface area (Å²) in [7, 11) is 0. The Morgan fingerprint density at radius 1 is 1.27 bits per heavy atom. The maximum absolute atomic E-state index is 5.80. The van der Waals surface area contributed by atoms with Crippen molar-refractivity contribution in [2.75, 3.05) is 17.6 Å². The molecule has 3 aromatic rings. The van der Waals surface area contributed by atoms with Crippen LogP contribution in [-0.2, 0) is 0 Å². The molecule has 0 spiro atoms. The highest BCUT2D eigenvalue weighted by Crippen LogP contribution is 2.24. The van der Waals surface area contributed by atoms with Crippen LogP contribution in [0.2, 0.25) is 0 Å². The molecular weight excluding hydrogens is 276 g/mol. The summed E-state index contributed by atoms with van der Waals surface area (Å²) in [5.74, 6) is 1.08. The third-order valence-corrected chi connectivity index (χ3v) is 3.53. The predicted octanol–water partition coefficient (Wildman–Crippen LogP) is 2.92. The number of nitrogens with zero attached hydrogens (tertiary/aromatic N) is 4. The summed E-state index contributed by atoms with van der Waals surface area (Å²) in [6.45, 7) is 5.00. The monoisotopic (exact) mass is 296 g/mol. The molecule has 3 rings (SSSR count). The summed E-state index contributed by atoms with van der Waals surface area (Å²) >= 11 is 0. The van der Waals surface area contributed by atoms with Crippen molar-refractivity contribution in [3.63, 3.8) is 0 Å². The first-order valence-corrected chi connectivity index (χ1v) is 7.49. The minimum atomic E-state index is 0.290. The van der Waals surface area contributed by atoms with Crippen LogP contribution < -0.4 is 11.1 Å². The summed E-state index contributed by atoms with van der Waals surface area (Å²) in [4.78, 5) is 12.9. The molecule has 2 heterocycles. The average Bonchev–Trinajstić information content (AvgIpc) is 2.93. The molecule has 0 aliphatic rings. The number of imidazole rings is 1. The van der Waals surface area contributed by atoms with Crippen LogP contribution in [0.4, 0.5) is 11.8 Å². The number of hydrogen-bond acceptors (Lipinski definition) is 5. The van der Waals surface area contributed by atoms with Crippen molar-refractivity contribution in [1.29, 1.82) is 0 Å². The quantitative estimate of drug-likeness (QED) is 0.707. The van der Waals surface area contributed by atoms with E-state index in [9.17, 15) is 0 Å². The minimum Gasteiger partial charge on any atom is -0.369 e. The Morgan fingerprint density at radius 3 is 2.86 bits per heavy atom. The average molecular weight is 296 g/mol. The second kappa shape index (κ2) is 6.01. The van der Waals surface area contributed by atoms with Gasteiger partial charge >= 0.3 is 0 Å². The standard InChI is InChI=1S/C16H20N6/c1-3-4-7-18-15-13-8-12(22-9-11(2)19-10-22)5-6-14(13)20-16(17)21-15/h5-6,8-10H,3-4,7H2,1-2H3,(H3,17,18,20,21). The third kappa shape index (κ3) is 2.86. The number of benzene rings is 1.